The fraction of sp³-hybridized carbons (Fsp3) is 0. The number of halogens is 1. The van der Waals surface area contributed by atoms with Crippen molar-refractivity contribution in [2.75, 3.05) is 0 Å². The molecule has 0 amide bonds. The van der Waals surface area contributed by atoms with E-state index in [-0.39, 0.29) is 10.6 Å². The monoisotopic (exact) mass is 258 g/mol. The molecular formula is C13H7ClN2O2. The summed E-state index contributed by atoms with van der Waals surface area (Å²) < 4.78 is 0. The molecular weight excluding hydrogens is 252 g/mol. The maximum Gasteiger partial charge on any atom is 0.337 e. The first-order chi connectivity index (χ1) is 8.61. The average molecular weight is 259 g/mol. The average Bonchev–Trinajstić information content (AvgIpc) is 2.38. The van der Waals surface area contributed by atoms with Crippen LogP contribution in [0.25, 0.3) is 11.3 Å². The fourth-order valence-corrected chi connectivity index (χ4v) is 1.75. The molecule has 0 radical (unpaired) electrons. The molecule has 0 aliphatic carbocycles. The van der Waals surface area contributed by atoms with Gasteiger partial charge in [-0.3, -0.25) is 4.98 Å². The standard InChI is InChI=1S/C13H7ClN2O2/c14-11-5-10(13(17)18)7-16-12(11)9-3-1-8(6-15)2-4-9/h1-5,7H,(H,17,18). The SMILES string of the molecule is N#Cc1ccc(-c2ncc(C(=O)O)cc2Cl)cc1. The van der Waals surface area contributed by atoms with Gasteiger partial charge < -0.3 is 5.11 Å². The predicted octanol–water partition coefficient (Wildman–Crippen LogP) is 2.97. The van der Waals surface area contributed by atoms with Crippen LogP contribution < -0.4 is 0 Å². The number of carboxylic acid groups (broad SMARTS) is 1. The zero-order valence-corrected chi connectivity index (χ0v) is 9.85. The molecule has 5 heteroatoms. The van der Waals surface area contributed by atoms with Crippen LogP contribution in [0.5, 0.6) is 0 Å². The molecule has 0 saturated heterocycles. The fourth-order valence-electron chi connectivity index (χ4n) is 1.47. The molecule has 1 N–H and O–H groups in total. The molecule has 18 heavy (non-hydrogen) atoms. The number of rotatable bonds is 2. The predicted molar refractivity (Wildman–Crippen MR) is 66.4 cm³/mol. The van der Waals surface area contributed by atoms with Crippen molar-refractivity contribution in [1.29, 1.82) is 5.26 Å². The van der Waals surface area contributed by atoms with Gasteiger partial charge in [0.15, 0.2) is 0 Å². The lowest BCUT2D eigenvalue weighted by Crippen LogP contribution is -1.98. The number of nitriles is 1. The van der Waals surface area contributed by atoms with Gasteiger partial charge in [0, 0.05) is 11.8 Å². The Bertz CT molecular complexity index is 645. The largest absolute Gasteiger partial charge is 0.478 e. The van der Waals surface area contributed by atoms with Crippen molar-refractivity contribution in [2.24, 2.45) is 0 Å². The lowest BCUT2D eigenvalue weighted by atomic mass is 10.1. The summed E-state index contributed by atoms with van der Waals surface area (Å²) in [6.07, 6.45) is 1.25. The van der Waals surface area contributed by atoms with Crippen molar-refractivity contribution in [3.63, 3.8) is 0 Å². The second-order valence-corrected chi connectivity index (χ2v) is 3.96. The van der Waals surface area contributed by atoms with E-state index < -0.39 is 5.97 Å². The molecule has 0 spiro atoms. The molecule has 2 aromatic rings. The zero-order chi connectivity index (χ0) is 13.1. The lowest BCUT2D eigenvalue weighted by Gasteiger charge is -2.04. The molecule has 4 nitrogen and oxygen atoms in total. The number of aromatic nitrogens is 1. The first kappa shape index (κ1) is 12.1. The van der Waals surface area contributed by atoms with Crippen molar-refractivity contribution in [1.82, 2.24) is 4.98 Å². The summed E-state index contributed by atoms with van der Waals surface area (Å²) in [6, 6.07) is 10.1. The number of hydrogen-bond donors (Lipinski definition) is 1. The van der Waals surface area contributed by atoms with Gasteiger partial charge in [-0.05, 0) is 18.2 Å². The highest BCUT2D eigenvalue weighted by Gasteiger charge is 2.10. The third-order valence-electron chi connectivity index (χ3n) is 2.38. The van der Waals surface area contributed by atoms with E-state index in [0.717, 1.165) is 5.56 Å². The van der Waals surface area contributed by atoms with E-state index in [0.29, 0.717) is 11.3 Å². The van der Waals surface area contributed by atoms with E-state index in [1.54, 1.807) is 24.3 Å². The summed E-state index contributed by atoms with van der Waals surface area (Å²) >= 11 is 5.99. The Hall–Kier alpha value is -2.38. The number of carbonyl (C=O) groups is 1. The highest BCUT2D eigenvalue weighted by Crippen LogP contribution is 2.26. The number of carboxylic acids is 1. The highest BCUT2D eigenvalue weighted by molar-refractivity contribution is 6.33. The summed E-state index contributed by atoms with van der Waals surface area (Å²) in [5.41, 5.74) is 1.80. The van der Waals surface area contributed by atoms with E-state index in [1.165, 1.54) is 12.3 Å². The van der Waals surface area contributed by atoms with Gasteiger partial charge in [-0.2, -0.15) is 5.26 Å². The molecule has 0 atom stereocenters. The third kappa shape index (κ3) is 2.31. The third-order valence-corrected chi connectivity index (χ3v) is 2.66. The van der Waals surface area contributed by atoms with Gasteiger partial charge in [0.1, 0.15) is 0 Å². The molecule has 0 fully saturated rings. The topological polar surface area (TPSA) is 74.0 Å². The molecule has 0 saturated carbocycles. The Morgan fingerprint density at radius 2 is 2.00 bits per heavy atom. The maximum absolute atomic E-state index is 10.7. The Morgan fingerprint density at radius 3 is 2.50 bits per heavy atom. The number of nitrogens with zero attached hydrogens (tertiary/aromatic N) is 2. The summed E-state index contributed by atoms with van der Waals surface area (Å²) in [6.45, 7) is 0. The van der Waals surface area contributed by atoms with E-state index in [4.69, 9.17) is 22.0 Å². The normalized spacial score (nSPS) is 9.78. The van der Waals surface area contributed by atoms with Crippen molar-refractivity contribution >= 4 is 17.6 Å². The van der Waals surface area contributed by atoms with Gasteiger partial charge in [0.2, 0.25) is 0 Å². The van der Waals surface area contributed by atoms with Crippen LogP contribution in [0.2, 0.25) is 5.02 Å². The van der Waals surface area contributed by atoms with Crippen molar-refractivity contribution in [3.05, 3.63) is 52.7 Å². The van der Waals surface area contributed by atoms with Gasteiger partial charge in [-0.15, -0.1) is 0 Å². The quantitative estimate of drug-likeness (QED) is 0.899. The van der Waals surface area contributed by atoms with Crippen LogP contribution >= 0.6 is 11.6 Å². The molecule has 1 heterocycles. The second-order valence-electron chi connectivity index (χ2n) is 3.55. The Morgan fingerprint density at radius 1 is 1.33 bits per heavy atom. The Balaban J connectivity index is 2.45. The number of hydrogen-bond acceptors (Lipinski definition) is 3. The first-order valence-electron chi connectivity index (χ1n) is 5.01. The minimum Gasteiger partial charge on any atom is -0.478 e. The van der Waals surface area contributed by atoms with Gasteiger partial charge >= 0.3 is 5.97 Å². The van der Waals surface area contributed by atoms with Crippen LogP contribution in [0.4, 0.5) is 0 Å². The summed E-state index contributed by atoms with van der Waals surface area (Å²) in [5.74, 6) is -1.07. The number of pyridine rings is 1. The molecule has 1 aromatic heterocycles. The minimum absolute atomic E-state index is 0.0393. The first-order valence-corrected chi connectivity index (χ1v) is 5.39. The molecule has 0 bridgehead atoms. The van der Waals surface area contributed by atoms with Gasteiger partial charge in [0.25, 0.3) is 0 Å². The summed E-state index contributed by atoms with van der Waals surface area (Å²) in [7, 11) is 0. The van der Waals surface area contributed by atoms with E-state index >= 15 is 0 Å². The molecule has 0 aliphatic heterocycles. The van der Waals surface area contributed by atoms with Crippen LogP contribution in [0.3, 0.4) is 0 Å². The van der Waals surface area contributed by atoms with Crippen LogP contribution in [-0.2, 0) is 0 Å². The summed E-state index contributed by atoms with van der Waals surface area (Å²) in [5, 5.41) is 17.8. The van der Waals surface area contributed by atoms with Crippen LogP contribution in [-0.4, -0.2) is 16.1 Å². The maximum atomic E-state index is 10.7. The minimum atomic E-state index is -1.07. The molecule has 0 aliphatic rings. The number of aromatic carboxylic acids is 1. The molecule has 0 unspecified atom stereocenters. The summed E-state index contributed by atoms with van der Waals surface area (Å²) in [4.78, 5) is 14.8. The van der Waals surface area contributed by atoms with Crippen LogP contribution in [0.15, 0.2) is 36.5 Å². The van der Waals surface area contributed by atoms with Gasteiger partial charge in [-0.25, -0.2) is 4.79 Å². The number of benzene rings is 1. The Labute approximate surface area is 108 Å². The van der Waals surface area contributed by atoms with Crippen molar-refractivity contribution in [2.45, 2.75) is 0 Å². The lowest BCUT2D eigenvalue weighted by molar-refractivity contribution is 0.0696. The Kier molecular flexibility index (Phi) is 3.26. The van der Waals surface area contributed by atoms with Gasteiger partial charge in [-0.1, -0.05) is 23.7 Å². The van der Waals surface area contributed by atoms with Crippen molar-refractivity contribution in [3.8, 4) is 17.3 Å². The van der Waals surface area contributed by atoms with E-state index in [2.05, 4.69) is 4.98 Å². The van der Waals surface area contributed by atoms with Crippen LogP contribution in [0, 0.1) is 11.3 Å². The van der Waals surface area contributed by atoms with Crippen LogP contribution in [0.1, 0.15) is 15.9 Å². The molecule has 2 rings (SSSR count). The smallest absolute Gasteiger partial charge is 0.337 e. The second kappa shape index (κ2) is 4.86. The van der Waals surface area contributed by atoms with E-state index in [1.807, 2.05) is 6.07 Å². The van der Waals surface area contributed by atoms with Crippen molar-refractivity contribution < 1.29 is 9.90 Å². The highest BCUT2D eigenvalue weighted by atomic mass is 35.5. The zero-order valence-electron chi connectivity index (χ0n) is 9.09. The van der Waals surface area contributed by atoms with E-state index in [9.17, 15) is 4.79 Å². The molecule has 1 aromatic carbocycles. The van der Waals surface area contributed by atoms with Gasteiger partial charge in [0.05, 0.1) is 27.9 Å². The molecule has 88 valence electrons.